The number of aryl methyl sites for hydroxylation is 1. The lowest BCUT2D eigenvalue weighted by atomic mass is 10.1. The lowest BCUT2D eigenvalue weighted by molar-refractivity contribution is 0.218. The molecule has 2 nitrogen and oxygen atoms in total. The summed E-state index contributed by atoms with van der Waals surface area (Å²) in [5.74, 6) is 0.941. The minimum Gasteiger partial charge on any atom is -0.499 e. The molecule has 1 aromatic rings. The van der Waals surface area contributed by atoms with Crippen LogP contribution in [-0.4, -0.2) is 24.5 Å². The summed E-state index contributed by atoms with van der Waals surface area (Å²) in [6.07, 6.45) is 7.37. The monoisotopic (exact) mass is 321 g/mol. The highest BCUT2D eigenvalue weighted by atomic mass is 32.2. The predicted molar refractivity (Wildman–Crippen MR) is 98.1 cm³/mol. The van der Waals surface area contributed by atoms with Crippen LogP contribution in [0.1, 0.15) is 51.0 Å². The van der Waals surface area contributed by atoms with Crippen LogP contribution in [0.15, 0.2) is 41.5 Å². The van der Waals surface area contributed by atoms with Crippen LogP contribution in [0.3, 0.4) is 0 Å². The topological polar surface area (TPSA) is 12.5 Å². The summed E-state index contributed by atoms with van der Waals surface area (Å²) in [7, 11) is 2.18. The van der Waals surface area contributed by atoms with Crippen molar-refractivity contribution in [2.24, 2.45) is 0 Å². The summed E-state index contributed by atoms with van der Waals surface area (Å²) in [4.78, 5) is 1.32. The molecule has 0 saturated heterocycles. The van der Waals surface area contributed by atoms with E-state index in [1.807, 2.05) is 18.9 Å². The van der Waals surface area contributed by atoms with E-state index in [9.17, 15) is 0 Å². The number of hydrogen-bond donors (Lipinski definition) is 0. The molecule has 3 heteroatoms. The minimum absolute atomic E-state index is 0.740. The van der Waals surface area contributed by atoms with Gasteiger partial charge in [-0.2, -0.15) is 0 Å². The number of unbranched alkanes of at least 4 members (excludes halogenated alkanes) is 4. The first-order valence-electron chi connectivity index (χ1n) is 8.38. The molecule has 0 amide bonds. The Kier molecular flexibility index (Phi) is 10.1. The van der Waals surface area contributed by atoms with Crippen LogP contribution < -0.4 is 0 Å². The van der Waals surface area contributed by atoms with Gasteiger partial charge in [-0.1, -0.05) is 43.5 Å². The minimum atomic E-state index is 0.740. The van der Waals surface area contributed by atoms with E-state index in [2.05, 4.69) is 49.1 Å². The van der Waals surface area contributed by atoms with Gasteiger partial charge in [-0.15, -0.1) is 0 Å². The first-order valence-corrected chi connectivity index (χ1v) is 9.15. The molecule has 0 aromatic heterocycles. The molecule has 0 saturated carbocycles. The Morgan fingerprint density at radius 1 is 1.09 bits per heavy atom. The first kappa shape index (κ1) is 19.1. The van der Waals surface area contributed by atoms with E-state index in [1.54, 1.807) is 0 Å². The van der Waals surface area contributed by atoms with Crippen molar-refractivity contribution >= 4 is 11.9 Å². The van der Waals surface area contributed by atoms with E-state index >= 15 is 0 Å². The second kappa shape index (κ2) is 11.6. The quantitative estimate of drug-likeness (QED) is 0.273. The SMILES string of the molecule is C=C(CCCCCCCN(C)Sc1ccc(C)cc1)OCC. The normalized spacial score (nSPS) is 10.9. The number of nitrogens with zero attached hydrogens (tertiary/aromatic N) is 1. The average molecular weight is 322 g/mol. The molecule has 0 spiro atoms. The molecule has 0 heterocycles. The van der Waals surface area contributed by atoms with Crippen molar-refractivity contribution in [3.8, 4) is 0 Å². The van der Waals surface area contributed by atoms with Gasteiger partial charge in [-0.25, -0.2) is 4.31 Å². The van der Waals surface area contributed by atoms with Crippen LogP contribution in [0.2, 0.25) is 0 Å². The van der Waals surface area contributed by atoms with Crippen molar-refractivity contribution in [2.75, 3.05) is 20.2 Å². The third-order valence-electron chi connectivity index (χ3n) is 3.56. The third-order valence-corrected chi connectivity index (χ3v) is 4.54. The Labute approximate surface area is 141 Å². The van der Waals surface area contributed by atoms with Crippen LogP contribution in [0, 0.1) is 6.92 Å². The lowest BCUT2D eigenvalue weighted by Gasteiger charge is -2.15. The van der Waals surface area contributed by atoms with E-state index in [4.69, 9.17) is 4.74 Å². The standard InChI is InChI=1S/C19H31NOS/c1-5-21-18(3)11-9-7-6-8-10-16-20(4)22-19-14-12-17(2)13-15-19/h12-15H,3,5-11,16H2,1-2,4H3. The van der Waals surface area contributed by atoms with Gasteiger partial charge in [-0.3, -0.25) is 0 Å². The summed E-state index contributed by atoms with van der Waals surface area (Å²) in [6, 6.07) is 8.74. The molecular weight excluding hydrogens is 290 g/mol. The third kappa shape index (κ3) is 9.16. The second-order valence-corrected chi connectivity index (χ2v) is 7.02. The van der Waals surface area contributed by atoms with Crippen molar-refractivity contribution in [2.45, 2.75) is 57.3 Å². The maximum atomic E-state index is 5.36. The summed E-state index contributed by atoms with van der Waals surface area (Å²) in [6.45, 7) is 9.94. The van der Waals surface area contributed by atoms with Gasteiger partial charge in [0.1, 0.15) is 0 Å². The highest BCUT2D eigenvalue weighted by molar-refractivity contribution is 7.97. The van der Waals surface area contributed by atoms with Crippen molar-refractivity contribution in [3.05, 3.63) is 42.2 Å². The molecule has 0 unspecified atom stereocenters. The van der Waals surface area contributed by atoms with E-state index in [0.29, 0.717) is 0 Å². The van der Waals surface area contributed by atoms with Crippen LogP contribution in [0.4, 0.5) is 0 Å². The molecule has 22 heavy (non-hydrogen) atoms. The van der Waals surface area contributed by atoms with Gasteiger partial charge in [0.2, 0.25) is 0 Å². The van der Waals surface area contributed by atoms with Gasteiger partial charge in [0.15, 0.2) is 0 Å². The average Bonchev–Trinajstić information content (AvgIpc) is 2.49. The Morgan fingerprint density at radius 2 is 1.73 bits per heavy atom. The fourth-order valence-electron chi connectivity index (χ4n) is 2.29. The largest absolute Gasteiger partial charge is 0.499 e. The molecule has 1 aromatic carbocycles. The fourth-order valence-corrected chi connectivity index (χ4v) is 3.13. The summed E-state index contributed by atoms with van der Waals surface area (Å²) >= 11 is 1.84. The Morgan fingerprint density at radius 3 is 2.41 bits per heavy atom. The number of benzene rings is 1. The van der Waals surface area contributed by atoms with Gasteiger partial charge in [0.25, 0.3) is 0 Å². The van der Waals surface area contributed by atoms with Crippen LogP contribution >= 0.6 is 11.9 Å². The first-order chi connectivity index (χ1) is 10.6. The molecular formula is C19H31NOS. The highest BCUT2D eigenvalue weighted by Crippen LogP contribution is 2.22. The Bertz CT molecular complexity index is 416. The summed E-state index contributed by atoms with van der Waals surface area (Å²) < 4.78 is 7.70. The zero-order valence-electron chi connectivity index (χ0n) is 14.4. The summed E-state index contributed by atoms with van der Waals surface area (Å²) in [5, 5.41) is 0. The van der Waals surface area contributed by atoms with Crippen molar-refractivity contribution in [1.82, 2.24) is 4.31 Å². The number of ether oxygens (including phenoxy) is 1. The van der Waals surface area contributed by atoms with E-state index in [-0.39, 0.29) is 0 Å². The second-order valence-electron chi connectivity index (χ2n) is 5.75. The molecule has 0 atom stereocenters. The molecule has 1 rings (SSSR count). The molecule has 0 aliphatic carbocycles. The molecule has 0 aliphatic rings. The smallest absolute Gasteiger partial charge is 0.0888 e. The number of rotatable bonds is 12. The van der Waals surface area contributed by atoms with Gasteiger partial charge >= 0.3 is 0 Å². The lowest BCUT2D eigenvalue weighted by Crippen LogP contribution is -2.10. The fraction of sp³-hybridized carbons (Fsp3) is 0.579. The summed E-state index contributed by atoms with van der Waals surface area (Å²) in [5.41, 5.74) is 1.32. The Balaban J connectivity index is 2.00. The molecule has 0 aliphatic heterocycles. The van der Waals surface area contributed by atoms with E-state index in [1.165, 1.54) is 42.6 Å². The van der Waals surface area contributed by atoms with E-state index in [0.717, 1.165) is 25.3 Å². The number of hydrogen-bond acceptors (Lipinski definition) is 3. The molecule has 0 N–H and O–H groups in total. The maximum absolute atomic E-state index is 5.36. The van der Waals surface area contributed by atoms with Crippen LogP contribution in [0.5, 0.6) is 0 Å². The van der Waals surface area contributed by atoms with E-state index < -0.39 is 0 Å². The number of allylic oxidation sites excluding steroid dienone is 1. The highest BCUT2D eigenvalue weighted by Gasteiger charge is 2.01. The van der Waals surface area contributed by atoms with Crippen molar-refractivity contribution in [1.29, 1.82) is 0 Å². The molecule has 0 bridgehead atoms. The Hall–Kier alpha value is -0.930. The molecule has 0 radical (unpaired) electrons. The predicted octanol–water partition coefficient (Wildman–Crippen LogP) is 5.82. The van der Waals surface area contributed by atoms with Crippen molar-refractivity contribution < 1.29 is 4.74 Å². The van der Waals surface area contributed by atoms with Crippen LogP contribution in [0.25, 0.3) is 0 Å². The molecule has 0 fully saturated rings. The zero-order chi connectivity index (χ0) is 16.2. The van der Waals surface area contributed by atoms with Gasteiger partial charge in [0, 0.05) is 17.9 Å². The van der Waals surface area contributed by atoms with Gasteiger partial charge in [-0.05, 0) is 57.8 Å². The molecule has 124 valence electrons. The van der Waals surface area contributed by atoms with Crippen molar-refractivity contribution in [3.63, 3.8) is 0 Å². The van der Waals surface area contributed by atoms with Gasteiger partial charge in [0.05, 0.1) is 12.4 Å². The van der Waals surface area contributed by atoms with Gasteiger partial charge < -0.3 is 4.74 Å². The maximum Gasteiger partial charge on any atom is 0.0888 e. The zero-order valence-corrected chi connectivity index (χ0v) is 15.3. The van der Waals surface area contributed by atoms with Crippen LogP contribution in [-0.2, 0) is 4.74 Å².